The van der Waals surface area contributed by atoms with E-state index in [-0.39, 0.29) is 12.4 Å². The average molecular weight is 397 g/mol. The molecule has 1 aromatic carbocycles. The minimum Gasteiger partial charge on any atom is -1.00 e. The first kappa shape index (κ1) is 15.8. The summed E-state index contributed by atoms with van der Waals surface area (Å²) >= 11 is 8.05. The zero-order valence-corrected chi connectivity index (χ0v) is 13.5. The highest BCUT2D eigenvalue weighted by atomic mass is 127. The van der Waals surface area contributed by atoms with Gasteiger partial charge in [-0.3, -0.25) is 0 Å². The monoisotopic (exact) mass is 396 g/mol. The van der Waals surface area contributed by atoms with Gasteiger partial charge >= 0.3 is 0 Å². The Hall–Kier alpha value is -0.260. The van der Waals surface area contributed by atoms with Gasteiger partial charge in [0.05, 0.1) is 0 Å². The molecule has 2 nitrogen and oxygen atoms in total. The summed E-state index contributed by atoms with van der Waals surface area (Å²) in [7, 11) is 0. The van der Waals surface area contributed by atoms with Crippen molar-refractivity contribution in [3.05, 3.63) is 51.6 Å². The quantitative estimate of drug-likeness (QED) is 0.421. The second kappa shape index (κ2) is 8.02. The van der Waals surface area contributed by atoms with E-state index >= 15 is 0 Å². The van der Waals surface area contributed by atoms with Gasteiger partial charge in [0.2, 0.25) is 6.33 Å². The maximum atomic E-state index is 5.73. The van der Waals surface area contributed by atoms with E-state index in [0.717, 1.165) is 19.4 Å². The lowest BCUT2D eigenvalue weighted by molar-refractivity contribution is -0.694. The Balaban J connectivity index is 0.00000162. The zero-order chi connectivity index (χ0) is 12.1. The molecule has 2 rings (SSSR count). The van der Waals surface area contributed by atoms with Crippen LogP contribution >= 0.6 is 34.2 Å². The van der Waals surface area contributed by atoms with Crippen LogP contribution in [0, 0.1) is 3.57 Å². The van der Waals surface area contributed by atoms with Crippen molar-refractivity contribution in [2.24, 2.45) is 0 Å². The van der Waals surface area contributed by atoms with E-state index in [0.29, 0.717) is 5.88 Å². The van der Waals surface area contributed by atoms with Crippen molar-refractivity contribution in [3.8, 4) is 0 Å². The second-order valence-electron chi connectivity index (χ2n) is 3.98. The van der Waals surface area contributed by atoms with E-state index in [1.807, 2.05) is 6.33 Å². The van der Waals surface area contributed by atoms with Gasteiger partial charge in [0.15, 0.2) is 0 Å². The van der Waals surface area contributed by atoms with Crippen molar-refractivity contribution < 1.29 is 17.0 Å². The molecule has 0 radical (unpaired) electrons. The predicted molar refractivity (Wildman–Crippen MR) is 78.3 cm³/mol. The number of hydrogen-bond donors (Lipinski definition) is 1. The smallest absolute Gasteiger partial charge is 0.242 e. The number of H-pyrrole nitrogens is 1. The summed E-state index contributed by atoms with van der Waals surface area (Å²) in [5.41, 5.74) is 2.63. The van der Waals surface area contributed by atoms with Gasteiger partial charge in [0.1, 0.15) is 18.4 Å². The number of benzene rings is 1. The normalized spacial score (nSPS) is 10.1. The van der Waals surface area contributed by atoms with E-state index in [9.17, 15) is 0 Å². The second-order valence-corrected chi connectivity index (χ2v) is 5.60. The highest BCUT2D eigenvalue weighted by Crippen LogP contribution is 2.07. The molecule has 0 amide bonds. The molecule has 0 atom stereocenters. The molecule has 5 heteroatoms. The number of alkyl halides is 1. The van der Waals surface area contributed by atoms with Crippen LogP contribution in [0.2, 0.25) is 0 Å². The van der Waals surface area contributed by atoms with E-state index < -0.39 is 0 Å². The van der Waals surface area contributed by atoms with Crippen molar-refractivity contribution in [2.75, 3.05) is 5.88 Å². The Morgan fingerprint density at radius 1 is 1.22 bits per heavy atom. The number of aromatic amines is 1. The summed E-state index contributed by atoms with van der Waals surface area (Å²) < 4.78 is 3.52. The Morgan fingerprint density at radius 3 is 2.61 bits per heavy atom. The molecule has 0 saturated carbocycles. The van der Waals surface area contributed by atoms with Crippen LogP contribution in [0.3, 0.4) is 0 Å². The van der Waals surface area contributed by atoms with E-state index in [1.165, 1.54) is 14.8 Å². The topological polar surface area (TPSA) is 19.7 Å². The van der Waals surface area contributed by atoms with Gasteiger partial charge in [-0.15, -0.1) is 11.6 Å². The number of hydrogen-bond acceptors (Lipinski definition) is 0. The maximum absolute atomic E-state index is 5.73. The Bertz CT molecular complexity index is 468. The van der Waals surface area contributed by atoms with Crippen molar-refractivity contribution in [1.82, 2.24) is 4.98 Å². The number of imidazole rings is 1. The van der Waals surface area contributed by atoms with Gasteiger partial charge in [0, 0.05) is 15.9 Å². The third-order valence-corrected chi connectivity index (χ3v) is 3.67. The standard InChI is InChI=1S/C13H14ClIN2.ClH/c14-7-1-2-13-8-16-10-17(13)9-11-3-5-12(15)6-4-11;/h3-6,8,10H,1-2,7,9H2;1H. The largest absolute Gasteiger partial charge is 1.00 e. The van der Waals surface area contributed by atoms with Crippen LogP contribution in [0.15, 0.2) is 36.8 Å². The fraction of sp³-hybridized carbons (Fsp3) is 0.308. The van der Waals surface area contributed by atoms with E-state index in [1.54, 1.807) is 0 Å². The molecular weight excluding hydrogens is 382 g/mol. The van der Waals surface area contributed by atoms with Crippen LogP contribution in [0.4, 0.5) is 0 Å². The van der Waals surface area contributed by atoms with E-state index in [2.05, 4.69) is 62.6 Å². The third-order valence-electron chi connectivity index (χ3n) is 2.68. The Kier molecular flexibility index (Phi) is 7.04. The highest BCUT2D eigenvalue weighted by molar-refractivity contribution is 14.1. The number of aryl methyl sites for hydroxylation is 1. The molecule has 0 aliphatic rings. The van der Waals surface area contributed by atoms with Crippen molar-refractivity contribution >= 4 is 34.2 Å². The van der Waals surface area contributed by atoms with Gasteiger partial charge in [-0.2, -0.15) is 0 Å². The molecule has 0 aliphatic heterocycles. The molecule has 1 aromatic heterocycles. The molecule has 0 aliphatic carbocycles. The molecule has 1 N–H and O–H groups in total. The zero-order valence-electron chi connectivity index (χ0n) is 9.87. The minimum atomic E-state index is 0. The maximum Gasteiger partial charge on any atom is 0.242 e. The Labute approximate surface area is 132 Å². The van der Waals surface area contributed by atoms with E-state index in [4.69, 9.17) is 11.6 Å². The van der Waals surface area contributed by atoms with Crippen LogP contribution in [0.5, 0.6) is 0 Å². The minimum absolute atomic E-state index is 0. The van der Waals surface area contributed by atoms with Crippen LogP contribution < -0.4 is 17.0 Å². The summed E-state index contributed by atoms with van der Waals surface area (Å²) in [6.45, 7) is 0.915. The fourth-order valence-electron chi connectivity index (χ4n) is 1.79. The summed E-state index contributed by atoms with van der Waals surface area (Å²) in [5, 5.41) is 0. The number of nitrogens with one attached hydrogen (secondary N) is 1. The highest BCUT2D eigenvalue weighted by Gasteiger charge is 2.09. The van der Waals surface area contributed by atoms with Crippen LogP contribution in [0.25, 0.3) is 0 Å². The summed E-state index contributed by atoms with van der Waals surface area (Å²) in [6.07, 6.45) is 6.12. The Morgan fingerprint density at radius 2 is 1.94 bits per heavy atom. The van der Waals surface area contributed by atoms with Gasteiger partial charge in [-0.25, -0.2) is 9.55 Å². The lowest BCUT2D eigenvalue weighted by Gasteiger charge is -2.02. The molecule has 0 fully saturated rings. The van der Waals surface area contributed by atoms with Gasteiger partial charge in [0.25, 0.3) is 0 Å². The fourth-order valence-corrected chi connectivity index (χ4v) is 2.28. The first-order chi connectivity index (χ1) is 8.29. The molecule has 0 unspecified atom stereocenters. The van der Waals surface area contributed by atoms with Crippen molar-refractivity contribution in [2.45, 2.75) is 19.4 Å². The van der Waals surface area contributed by atoms with Gasteiger partial charge in [-0.05, 0) is 46.7 Å². The van der Waals surface area contributed by atoms with Crippen LogP contribution in [-0.2, 0) is 13.0 Å². The molecule has 0 saturated heterocycles. The predicted octanol–water partition coefficient (Wildman–Crippen LogP) is 0.130. The first-order valence-electron chi connectivity index (χ1n) is 5.65. The molecule has 1 heterocycles. The van der Waals surface area contributed by atoms with Gasteiger partial charge < -0.3 is 12.4 Å². The SMILES string of the molecule is ClCCCc1c[nH]c[n+]1Cc1ccc(I)cc1.[Cl-]. The first-order valence-corrected chi connectivity index (χ1v) is 7.26. The lowest BCUT2D eigenvalue weighted by atomic mass is 10.2. The van der Waals surface area contributed by atoms with Gasteiger partial charge in [-0.1, -0.05) is 12.1 Å². The molecule has 0 bridgehead atoms. The molecule has 0 spiro atoms. The molecule has 18 heavy (non-hydrogen) atoms. The molecule has 2 aromatic rings. The number of rotatable bonds is 5. The molecule has 98 valence electrons. The van der Waals surface area contributed by atoms with Crippen molar-refractivity contribution in [3.63, 3.8) is 0 Å². The summed E-state index contributed by atoms with van der Waals surface area (Å²) in [4.78, 5) is 3.16. The number of halogens is 3. The van der Waals surface area contributed by atoms with Crippen LogP contribution in [0.1, 0.15) is 17.7 Å². The number of nitrogens with zero attached hydrogens (tertiary/aromatic N) is 1. The molecular formula is C13H15Cl2IN2. The van der Waals surface area contributed by atoms with Crippen LogP contribution in [-0.4, -0.2) is 10.9 Å². The lowest BCUT2D eigenvalue weighted by Crippen LogP contribution is -3.00. The number of aromatic nitrogens is 2. The average Bonchev–Trinajstić information content (AvgIpc) is 2.77. The summed E-state index contributed by atoms with van der Waals surface area (Å²) in [6, 6.07) is 8.63. The van der Waals surface area contributed by atoms with Crippen molar-refractivity contribution in [1.29, 1.82) is 0 Å². The summed E-state index contributed by atoms with van der Waals surface area (Å²) in [5.74, 6) is 0.717. The third kappa shape index (κ3) is 4.44.